The van der Waals surface area contributed by atoms with Crippen LogP contribution in [0.5, 0.6) is 0 Å². The van der Waals surface area contributed by atoms with E-state index in [0.717, 1.165) is 5.69 Å². The Hall–Kier alpha value is -1.63. The smallest absolute Gasteiger partial charge is 0.149 e. The molecule has 7 heteroatoms. The number of sulfone groups is 1. The van der Waals surface area contributed by atoms with Crippen molar-refractivity contribution >= 4 is 21.4 Å². The third-order valence-corrected chi connectivity index (χ3v) is 3.19. The van der Waals surface area contributed by atoms with Crippen molar-refractivity contribution in [3.05, 3.63) is 24.0 Å². The maximum Gasteiger partial charge on any atom is 0.149 e. The number of nitrogen functional groups attached to an aromatic ring is 1. The van der Waals surface area contributed by atoms with Gasteiger partial charge in [0.2, 0.25) is 0 Å². The van der Waals surface area contributed by atoms with E-state index in [9.17, 15) is 8.42 Å². The molecule has 17 heavy (non-hydrogen) atoms. The van der Waals surface area contributed by atoms with Crippen LogP contribution in [0.1, 0.15) is 5.69 Å². The molecule has 0 saturated heterocycles. The first kappa shape index (κ1) is 13.4. The Morgan fingerprint density at radius 1 is 1.53 bits per heavy atom. The van der Waals surface area contributed by atoms with Crippen LogP contribution in [-0.2, 0) is 9.84 Å². The molecule has 6 nitrogen and oxygen atoms in total. The Morgan fingerprint density at radius 3 is 2.59 bits per heavy atom. The third-order valence-electron chi connectivity index (χ3n) is 2.26. The van der Waals surface area contributed by atoms with Crippen molar-refractivity contribution in [2.45, 2.75) is 0 Å². The van der Waals surface area contributed by atoms with Gasteiger partial charge in [0, 0.05) is 19.8 Å². The zero-order valence-corrected chi connectivity index (χ0v) is 10.7. The van der Waals surface area contributed by atoms with Gasteiger partial charge < -0.3 is 10.6 Å². The molecule has 1 aromatic rings. The number of hydrogen-bond acceptors (Lipinski definition) is 5. The standard InChI is InChI=1S/C10H16N4O2S/c1-14(5-6-17(2,15)16)8-3-4-9(10(11)12)13-7-8/h3-4,7H,5-6H2,1-2H3,(H3,11,12). The molecule has 0 unspecified atom stereocenters. The topological polar surface area (TPSA) is 100 Å². The third kappa shape index (κ3) is 4.39. The zero-order valence-electron chi connectivity index (χ0n) is 9.84. The highest BCUT2D eigenvalue weighted by molar-refractivity contribution is 7.90. The molecular formula is C10H16N4O2S. The number of nitrogens with zero attached hydrogens (tertiary/aromatic N) is 2. The fraction of sp³-hybridized carbons (Fsp3) is 0.400. The highest BCUT2D eigenvalue weighted by Crippen LogP contribution is 2.10. The molecule has 1 aromatic heterocycles. The predicted octanol–water partition coefficient (Wildman–Crippen LogP) is -0.154. The van der Waals surface area contributed by atoms with Crippen molar-refractivity contribution in [1.82, 2.24) is 4.98 Å². The number of amidine groups is 1. The Kier molecular flexibility index (Phi) is 4.06. The van der Waals surface area contributed by atoms with Crippen molar-refractivity contribution in [3.8, 4) is 0 Å². The van der Waals surface area contributed by atoms with Gasteiger partial charge in [0.05, 0.1) is 17.6 Å². The minimum absolute atomic E-state index is 0.0876. The van der Waals surface area contributed by atoms with Gasteiger partial charge in [-0.3, -0.25) is 10.4 Å². The van der Waals surface area contributed by atoms with Crippen molar-refractivity contribution in [1.29, 1.82) is 5.41 Å². The van der Waals surface area contributed by atoms with Crippen LogP contribution in [0, 0.1) is 5.41 Å². The molecule has 0 aliphatic rings. The molecule has 0 radical (unpaired) electrons. The average molecular weight is 256 g/mol. The van der Waals surface area contributed by atoms with Crippen LogP contribution in [0.2, 0.25) is 0 Å². The molecular weight excluding hydrogens is 240 g/mol. The molecule has 94 valence electrons. The summed E-state index contributed by atoms with van der Waals surface area (Å²) in [6.45, 7) is 0.403. The highest BCUT2D eigenvalue weighted by Gasteiger charge is 2.07. The SMILES string of the molecule is CN(CCS(C)(=O)=O)c1ccc(C(=N)N)nc1. The summed E-state index contributed by atoms with van der Waals surface area (Å²) < 4.78 is 22.0. The van der Waals surface area contributed by atoms with E-state index in [0.29, 0.717) is 12.2 Å². The molecule has 0 aliphatic carbocycles. The Morgan fingerprint density at radius 2 is 2.18 bits per heavy atom. The van der Waals surface area contributed by atoms with Gasteiger partial charge in [0.1, 0.15) is 21.4 Å². The highest BCUT2D eigenvalue weighted by atomic mass is 32.2. The number of nitrogens with one attached hydrogen (secondary N) is 1. The Labute approximate surface area is 101 Å². The molecule has 0 atom stereocenters. The monoisotopic (exact) mass is 256 g/mol. The van der Waals surface area contributed by atoms with Gasteiger partial charge in [0.25, 0.3) is 0 Å². The largest absolute Gasteiger partial charge is 0.382 e. The molecule has 0 aromatic carbocycles. The van der Waals surface area contributed by atoms with Crippen LogP contribution in [0.4, 0.5) is 5.69 Å². The van der Waals surface area contributed by atoms with E-state index in [1.54, 1.807) is 30.3 Å². The zero-order chi connectivity index (χ0) is 13.1. The van der Waals surface area contributed by atoms with Gasteiger partial charge in [0.15, 0.2) is 0 Å². The van der Waals surface area contributed by atoms with Crippen molar-refractivity contribution in [2.24, 2.45) is 5.73 Å². The van der Waals surface area contributed by atoms with E-state index in [2.05, 4.69) is 4.98 Å². The first-order valence-electron chi connectivity index (χ1n) is 4.99. The maximum absolute atomic E-state index is 11.0. The summed E-state index contributed by atoms with van der Waals surface area (Å²) in [5.41, 5.74) is 6.48. The van der Waals surface area contributed by atoms with Gasteiger partial charge in [-0.25, -0.2) is 8.42 Å². The molecule has 0 fully saturated rings. The second kappa shape index (κ2) is 5.13. The molecule has 0 aliphatic heterocycles. The summed E-state index contributed by atoms with van der Waals surface area (Å²) >= 11 is 0. The predicted molar refractivity (Wildman–Crippen MR) is 68.2 cm³/mol. The summed E-state index contributed by atoms with van der Waals surface area (Å²) in [4.78, 5) is 5.79. The summed E-state index contributed by atoms with van der Waals surface area (Å²) in [6, 6.07) is 3.39. The Bertz CT molecular complexity index is 496. The van der Waals surface area contributed by atoms with Gasteiger partial charge >= 0.3 is 0 Å². The summed E-state index contributed by atoms with van der Waals surface area (Å²) in [6.07, 6.45) is 2.77. The molecule has 1 rings (SSSR count). The van der Waals surface area contributed by atoms with Crippen LogP contribution in [-0.4, -0.2) is 44.8 Å². The van der Waals surface area contributed by atoms with Gasteiger partial charge in [-0.05, 0) is 12.1 Å². The number of anilines is 1. The fourth-order valence-corrected chi connectivity index (χ4v) is 1.81. The lowest BCUT2D eigenvalue weighted by Crippen LogP contribution is -2.25. The minimum atomic E-state index is -2.96. The van der Waals surface area contributed by atoms with Crippen molar-refractivity contribution in [2.75, 3.05) is 30.5 Å². The number of rotatable bonds is 5. The van der Waals surface area contributed by atoms with Crippen LogP contribution in [0.3, 0.4) is 0 Å². The normalized spacial score (nSPS) is 11.2. The number of pyridine rings is 1. The van der Waals surface area contributed by atoms with E-state index in [1.807, 2.05) is 0 Å². The summed E-state index contributed by atoms with van der Waals surface area (Å²) in [5.74, 6) is 0.00755. The molecule has 0 saturated carbocycles. The quantitative estimate of drug-likeness (QED) is 0.563. The maximum atomic E-state index is 11.0. The number of hydrogen-bond donors (Lipinski definition) is 2. The van der Waals surface area contributed by atoms with Gasteiger partial charge in [-0.1, -0.05) is 0 Å². The lowest BCUT2D eigenvalue weighted by Gasteiger charge is -2.18. The van der Waals surface area contributed by atoms with Gasteiger partial charge in [-0.15, -0.1) is 0 Å². The fourth-order valence-electron chi connectivity index (χ4n) is 1.20. The molecule has 1 heterocycles. The summed E-state index contributed by atoms with van der Waals surface area (Å²) in [7, 11) is -1.18. The minimum Gasteiger partial charge on any atom is -0.382 e. The van der Waals surface area contributed by atoms with Crippen LogP contribution in [0.15, 0.2) is 18.3 Å². The number of nitrogens with two attached hydrogens (primary N) is 1. The number of aromatic nitrogens is 1. The van der Waals surface area contributed by atoms with E-state index in [-0.39, 0.29) is 11.6 Å². The first-order chi connectivity index (χ1) is 7.79. The van der Waals surface area contributed by atoms with E-state index >= 15 is 0 Å². The van der Waals surface area contributed by atoms with E-state index in [4.69, 9.17) is 11.1 Å². The lowest BCUT2D eigenvalue weighted by atomic mass is 10.3. The molecule has 0 spiro atoms. The van der Waals surface area contributed by atoms with E-state index < -0.39 is 9.84 Å². The lowest BCUT2D eigenvalue weighted by molar-refractivity contribution is 0.601. The van der Waals surface area contributed by atoms with Crippen LogP contribution < -0.4 is 10.6 Å². The molecule has 0 amide bonds. The second-order valence-corrected chi connectivity index (χ2v) is 6.13. The first-order valence-corrected chi connectivity index (χ1v) is 7.05. The second-order valence-electron chi connectivity index (χ2n) is 3.87. The van der Waals surface area contributed by atoms with Crippen LogP contribution >= 0.6 is 0 Å². The molecule has 0 bridgehead atoms. The molecule has 3 N–H and O–H groups in total. The average Bonchev–Trinajstić information content (AvgIpc) is 2.25. The van der Waals surface area contributed by atoms with Crippen molar-refractivity contribution in [3.63, 3.8) is 0 Å². The van der Waals surface area contributed by atoms with Crippen molar-refractivity contribution < 1.29 is 8.42 Å². The summed E-state index contributed by atoms with van der Waals surface area (Å²) in [5, 5.41) is 7.20. The van der Waals surface area contributed by atoms with Gasteiger partial charge in [-0.2, -0.15) is 0 Å². The Balaban J connectivity index is 2.70. The van der Waals surface area contributed by atoms with E-state index in [1.165, 1.54) is 6.26 Å². The van der Waals surface area contributed by atoms with Crippen LogP contribution in [0.25, 0.3) is 0 Å².